The fourth-order valence-corrected chi connectivity index (χ4v) is 4.24. The number of allylic oxidation sites excluding steroid dienone is 1. The Morgan fingerprint density at radius 3 is 2.28 bits per heavy atom. The zero-order valence-corrected chi connectivity index (χ0v) is 15.1. The van der Waals surface area contributed by atoms with Gasteiger partial charge in [0.25, 0.3) is 0 Å². The second kappa shape index (κ2) is 6.94. The summed E-state index contributed by atoms with van der Waals surface area (Å²) in [5.74, 6) is -0.000130. The van der Waals surface area contributed by atoms with Crippen molar-refractivity contribution in [2.45, 2.75) is 37.6 Å². The van der Waals surface area contributed by atoms with E-state index in [0.717, 1.165) is 16.7 Å². The third kappa shape index (κ3) is 3.72. The topological polar surface area (TPSA) is 63.2 Å². The van der Waals surface area contributed by atoms with Gasteiger partial charge in [0.15, 0.2) is 5.78 Å². The molecule has 0 aromatic heterocycles. The van der Waals surface area contributed by atoms with E-state index in [9.17, 15) is 13.2 Å². The summed E-state index contributed by atoms with van der Waals surface area (Å²) in [6.45, 7) is 3.82. The SMILES string of the molecule is Cc1ccc(S(=O)(=O)NC(C2=CCCC2=O)c2ccccc2C)cc1. The highest BCUT2D eigenvalue weighted by molar-refractivity contribution is 7.89. The molecule has 0 heterocycles. The minimum atomic E-state index is -3.75. The molecule has 0 saturated heterocycles. The van der Waals surface area contributed by atoms with Crippen LogP contribution in [-0.2, 0) is 14.8 Å². The van der Waals surface area contributed by atoms with Gasteiger partial charge in [0.1, 0.15) is 0 Å². The molecule has 2 aromatic rings. The lowest BCUT2D eigenvalue weighted by atomic mass is 9.95. The summed E-state index contributed by atoms with van der Waals surface area (Å²) in [4.78, 5) is 12.5. The molecule has 1 aliphatic carbocycles. The first kappa shape index (κ1) is 17.6. The molecule has 1 atom stereocenters. The van der Waals surface area contributed by atoms with Crippen molar-refractivity contribution in [3.05, 3.63) is 76.9 Å². The molecule has 3 rings (SSSR count). The van der Waals surface area contributed by atoms with Gasteiger partial charge in [-0.1, -0.05) is 48.0 Å². The fraction of sp³-hybridized carbons (Fsp3) is 0.250. The second-order valence-electron chi connectivity index (χ2n) is 6.35. The molecule has 0 saturated carbocycles. The minimum absolute atomic E-state index is 0.000130. The molecule has 2 aromatic carbocycles. The Morgan fingerprint density at radius 1 is 1.00 bits per heavy atom. The molecule has 0 bridgehead atoms. The average molecular weight is 355 g/mol. The molecule has 1 aliphatic rings. The quantitative estimate of drug-likeness (QED) is 0.891. The summed E-state index contributed by atoms with van der Waals surface area (Å²) in [7, 11) is -3.75. The van der Waals surface area contributed by atoms with E-state index in [-0.39, 0.29) is 10.7 Å². The Kier molecular flexibility index (Phi) is 4.88. The first-order valence-electron chi connectivity index (χ1n) is 8.26. The molecule has 0 fully saturated rings. The number of nitrogens with one attached hydrogen (secondary N) is 1. The van der Waals surface area contributed by atoms with E-state index >= 15 is 0 Å². The van der Waals surface area contributed by atoms with Gasteiger partial charge in [-0.05, 0) is 43.5 Å². The number of Topliss-reactive ketones (excluding diaryl/α,β-unsaturated/α-hetero) is 1. The Balaban J connectivity index is 2.02. The third-order valence-corrected chi connectivity index (χ3v) is 5.91. The Bertz CT molecular complexity index is 928. The number of sulfonamides is 1. The fourth-order valence-electron chi connectivity index (χ4n) is 3.04. The molecule has 25 heavy (non-hydrogen) atoms. The van der Waals surface area contributed by atoms with Crippen LogP contribution in [0.1, 0.15) is 35.6 Å². The van der Waals surface area contributed by atoms with Crippen molar-refractivity contribution in [2.24, 2.45) is 0 Å². The molecule has 1 unspecified atom stereocenters. The van der Waals surface area contributed by atoms with Crippen LogP contribution in [0.2, 0.25) is 0 Å². The van der Waals surface area contributed by atoms with E-state index in [1.165, 1.54) is 0 Å². The van der Waals surface area contributed by atoms with E-state index in [1.54, 1.807) is 24.3 Å². The van der Waals surface area contributed by atoms with Crippen LogP contribution in [0.5, 0.6) is 0 Å². The van der Waals surface area contributed by atoms with Crippen LogP contribution in [0.25, 0.3) is 0 Å². The van der Waals surface area contributed by atoms with E-state index < -0.39 is 16.1 Å². The first-order valence-corrected chi connectivity index (χ1v) is 9.74. The van der Waals surface area contributed by atoms with Crippen molar-refractivity contribution in [3.63, 3.8) is 0 Å². The van der Waals surface area contributed by atoms with Crippen LogP contribution >= 0.6 is 0 Å². The lowest BCUT2D eigenvalue weighted by molar-refractivity contribution is -0.115. The number of benzene rings is 2. The van der Waals surface area contributed by atoms with Gasteiger partial charge in [-0.25, -0.2) is 8.42 Å². The highest BCUT2D eigenvalue weighted by atomic mass is 32.2. The molecular weight excluding hydrogens is 334 g/mol. The largest absolute Gasteiger partial charge is 0.294 e. The summed E-state index contributed by atoms with van der Waals surface area (Å²) < 4.78 is 28.4. The zero-order valence-electron chi connectivity index (χ0n) is 14.3. The van der Waals surface area contributed by atoms with Crippen molar-refractivity contribution in [1.29, 1.82) is 0 Å². The number of ketones is 1. The van der Waals surface area contributed by atoms with E-state index in [2.05, 4.69) is 4.72 Å². The monoisotopic (exact) mass is 355 g/mol. The molecule has 0 spiro atoms. The number of hydrogen-bond donors (Lipinski definition) is 1. The molecule has 0 aliphatic heterocycles. The van der Waals surface area contributed by atoms with E-state index in [0.29, 0.717) is 18.4 Å². The standard InChI is InChI=1S/C20H21NO3S/c1-14-10-12-16(13-11-14)25(23,24)21-20(18-8-5-9-19(18)22)17-7-4-3-6-15(17)2/h3-4,6-8,10-13,20-21H,5,9H2,1-2H3. The predicted molar refractivity (Wildman–Crippen MR) is 97.7 cm³/mol. The summed E-state index contributed by atoms with van der Waals surface area (Å²) in [5.41, 5.74) is 3.27. The van der Waals surface area contributed by atoms with Gasteiger partial charge in [-0.3, -0.25) is 4.79 Å². The summed E-state index contributed by atoms with van der Waals surface area (Å²) in [6.07, 6.45) is 2.93. The molecule has 4 nitrogen and oxygen atoms in total. The summed E-state index contributed by atoms with van der Waals surface area (Å²) >= 11 is 0. The minimum Gasteiger partial charge on any atom is -0.294 e. The van der Waals surface area contributed by atoms with Crippen LogP contribution < -0.4 is 4.72 Å². The Labute approximate surface area is 148 Å². The van der Waals surface area contributed by atoms with Gasteiger partial charge in [-0.15, -0.1) is 0 Å². The number of carbonyl (C=O) groups excluding carboxylic acids is 1. The van der Waals surface area contributed by atoms with Gasteiger partial charge >= 0.3 is 0 Å². The summed E-state index contributed by atoms with van der Waals surface area (Å²) in [5, 5.41) is 0. The van der Waals surface area contributed by atoms with Gasteiger partial charge < -0.3 is 0 Å². The average Bonchev–Trinajstić information content (AvgIpc) is 3.00. The lowest BCUT2D eigenvalue weighted by Crippen LogP contribution is -2.31. The second-order valence-corrected chi connectivity index (χ2v) is 8.06. The zero-order chi connectivity index (χ0) is 18.0. The predicted octanol–water partition coefficient (Wildman–Crippen LogP) is 3.61. The third-order valence-electron chi connectivity index (χ3n) is 4.47. The number of hydrogen-bond acceptors (Lipinski definition) is 3. The highest BCUT2D eigenvalue weighted by Crippen LogP contribution is 2.31. The van der Waals surface area contributed by atoms with Crippen LogP contribution in [0.15, 0.2) is 65.1 Å². The van der Waals surface area contributed by atoms with Crippen molar-refractivity contribution in [1.82, 2.24) is 4.72 Å². The number of rotatable bonds is 5. The van der Waals surface area contributed by atoms with Crippen molar-refractivity contribution >= 4 is 15.8 Å². The smallest absolute Gasteiger partial charge is 0.241 e. The van der Waals surface area contributed by atoms with E-state index in [4.69, 9.17) is 0 Å². The van der Waals surface area contributed by atoms with Gasteiger partial charge in [0.05, 0.1) is 10.9 Å². The normalized spacial score (nSPS) is 15.9. The molecule has 5 heteroatoms. The van der Waals surface area contributed by atoms with Crippen LogP contribution in [0.4, 0.5) is 0 Å². The molecule has 0 amide bonds. The van der Waals surface area contributed by atoms with Crippen molar-refractivity contribution < 1.29 is 13.2 Å². The maximum absolute atomic E-state index is 12.9. The Morgan fingerprint density at radius 2 is 1.68 bits per heavy atom. The van der Waals surface area contributed by atoms with Crippen molar-refractivity contribution in [3.8, 4) is 0 Å². The Hall–Kier alpha value is -2.24. The number of aryl methyl sites for hydroxylation is 2. The number of carbonyl (C=O) groups is 1. The van der Waals surface area contributed by atoms with Crippen LogP contribution in [0, 0.1) is 13.8 Å². The van der Waals surface area contributed by atoms with Gasteiger partial charge in [0.2, 0.25) is 10.0 Å². The maximum Gasteiger partial charge on any atom is 0.241 e. The maximum atomic E-state index is 12.9. The lowest BCUT2D eigenvalue weighted by Gasteiger charge is -2.22. The molecule has 130 valence electrons. The van der Waals surface area contributed by atoms with Crippen molar-refractivity contribution in [2.75, 3.05) is 0 Å². The van der Waals surface area contributed by atoms with Crippen LogP contribution in [-0.4, -0.2) is 14.2 Å². The molecule has 0 radical (unpaired) electrons. The molecule has 1 N–H and O–H groups in total. The first-order chi connectivity index (χ1) is 11.9. The summed E-state index contributed by atoms with van der Waals surface area (Å²) in [6, 6.07) is 13.6. The van der Waals surface area contributed by atoms with Gasteiger partial charge in [-0.2, -0.15) is 4.72 Å². The van der Waals surface area contributed by atoms with Crippen LogP contribution in [0.3, 0.4) is 0 Å². The van der Waals surface area contributed by atoms with Gasteiger partial charge in [0, 0.05) is 12.0 Å². The highest BCUT2D eigenvalue weighted by Gasteiger charge is 2.30. The van der Waals surface area contributed by atoms with E-state index in [1.807, 2.05) is 44.2 Å². The molecular formula is C20H21NO3S.